The van der Waals surface area contributed by atoms with E-state index in [9.17, 15) is 14.4 Å². The van der Waals surface area contributed by atoms with E-state index in [0.29, 0.717) is 17.2 Å². The van der Waals surface area contributed by atoms with Crippen molar-refractivity contribution in [3.8, 4) is 11.3 Å². The van der Waals surface area contributed by atoms with E-state index in [1.807, 2.05) is 37.3 Å². The SMILES string of the molecule is Cc1ccc(-c2ccc(/C=C3/C(=O)NC(=O)N(c4ccc(C56CC7CC(CC(C7)C5)C6)cc4)C3=O)o2)c(Br)c1. The molecule has 1 aliphatic heterocycles. The quantitative estimate of drug-likeness (QED) is 0.261. The topological polar surface area (TPSA) is 79.6 Å². The largest absolute Gasteiger partial charge is 0.457 e. The van der Waals surface area contributed by atoms with Gasteiger partial charge in [0.1, 0.15) is 17.1 Å². The van der Waals surface area contributed by atoms with Crippen molar-refractivity contribution >= 4 is 45.5 Å². The highest BCUT2D eigenvalue weighted by Crippen LogP contribution is 2.60. The van der Waals surface area contributed by atoms with Gasteiger partial charge in [-0.3, -0.25) is 14.9 Å². The van der Waals surface area contributed by atoms with E-state index in [1.165, 1.54) is 50.2 Å². The fourth-order valence-corrected chi connectivity index (χ4v) is 8.55. The molecule has 6 nitrogen and oxygen atoms in total. The third-order valence-electron chi connectivity index (χ3n) is 9.18. The second-order valence-corrected chi connectivity index (χ2v) is 12.7. The standard InChI is InChI=1S/C32H29BrN2O4/c1-18-2-8-25(27(33)10-18)28-9-7-24(39-28)14-26-29(36)34-31(38)35(30(26)37)23-5-3-22(4-6-23)32-15-19-11-20(16-32)13-21(12-19)17-32/h2-10,14,19-21H,11-13,15-17H2,1H3,(H,34,36,38)/b26-14-. The maximum absolute atomic E-state index is 13.5. The van der Waals surface area contributed by atoms with E-state index in [-0.39, 0.29) is 11.0 Å². The predicted octanol–water partition coefficient (Wildman–Crippen LogP) is 7.15. The van der Waals surface area contributed by atoms with Gasteiger partial charge >= 0.3 is 6.03 Å². The fourth-order valence-electron chi connectivity index (χ4n) is 7.86. The summed E-state index contributed by atoms with van der Waals surface area (Å²) in [6.07, 6.45) is 9.26. The molecule has 3 aromatic rings. The number of carbonyl (C=O) groups is 3. The van der Waals surface area contributed by atoms with Crippen LogP contribution in [0.1, 0.15) is 55.4 Å². The average molecular weight is 585 g/mol. The zero-order valence-electron chi connectivity index (χ0n) is 21.7. The van der Waals surface area contributed by atoms with Gasteiger partial charge in [0.2, 0.25) is 0 Å². The molecule has 0 unspecified atom stereocenters. The van der Waals surface area contributed by atoms with Crippen LogP contribution in [0.25, 0.3) is 17.4 Å². The summed E-state index contributed by atoms with van der Waals surface area (Å²) in [5.41, 5.74) is 3.82. The number of anilines is 1. The number of halogens is 1. The number of benzene rings is 2. The lowest BCUT2D eigenvalue weighted by Crippen LogP contribution is -2.54. The predicted molar refractivity (Wildman–Crippen MR) is 152 cm³/mol. The molecule has 0 atom stereocenters. The van der Waals surface area contributed by atoms with Crippen molar-refractivity contribution in [2.24, 2.45) is 17.8 Å². The van der Waals surface area contributed by atoms with Crippen LogP contribution < -0.4 is 10.2 Å². The highest BCUT2D eigenvalue weighted by Gasteiger charge is 2.51. The van der Waals surface area contributed by atoms with Crippen molar-refractivity contribution in [2.75, 3.05) is 4.90 Å². The molecule has 39 heavy (non-hydrogen) atoms. The number of hydrogen-bond donors (Lipinski definition) is 1. The molecule has 2 aromatic carbocycles. The number of carbonyl (C=O) groups excluding carboxylic acids is 3. The summed E-state index contributed by atoms with van der Waals surface area (Å²) in [5.74, 6) is 2.05. The maximum atomic E-state index is 13.5. The monoisotopic (exact) mass is 584 g/mol. The highest BCUT2D eigenvalue weighted by molar-refractivity contribution is 9.10. The number of aryl methyl sites for hydroxylation is 1. The lowest BCUT2D eigenvalue weighted by molar-refractivity contribution is -0.122. The van der Waals surface area contributed by atoms with Crippen LogP contribution in [0.3, 0.4) is 0 Å². The molecule has 8 rings (SSSR count). The number of urea groups is 1. The van der Waals surface area contributed by atoms with E-state index >= 15 is 0 Å². The van der Waals surface area contributed by atoms with Crippen LogP contribution in [-0.4, -0.2) is 17.8 Å². The zero-order valence-corrected chi connectivity index (χ0v) is 23.3. The Morgan fingerprint density at radius 3 is 2.23 bits per heavy atom. The first-order valence-electron chi connectivity index (χ1n) is 13.7. The third kappa shape index (κ3) is 4.18. The van der Waals surface area contributed by atoms with Gasteiger partial charge in [-0.1, -0.05) is 34.1 Å². The summed E-state index contributed by atoms with van der Waals surface area (Å²) in [6, 6.07) is 16.5. The molecule has 4 aliphatic carbocycles. The summed E-state index contributed by atoms with van der Waals surface area (Å²) >= 11 is 3.56. The summed E-state index contributed by atoms with van der Waals surface area (Å²) in [5, 5.41) is 2.32. The molecule has 4 bridgehead atoms. The van der Waals surface area contributed by atoms with Crippen LogP contribution in [-0.2, 0) is 15.0 Å². The Kier molecular flexibility index (Phi) is 5.70. The van der Waals surface area contributed by atoms with Gasteiger partial charge in [0.05, 0.1) is 5.69 Å². The first-order chi connectivity index (χ1) is 18.8. The summed E-state index contributed by atoms with van der Waals surface area (Å²) in [4.78, 5) is 40.0. The lowest BCUT2D eigenvalue weighted by Gasteiger charge is -2.57. The second kappa shape index (κ2) is 9.05. The molecule has 1 aromatic heterocycles. The number of barbiturate groups is 1. The Labute approximate surface area is 235 Å². The molecule has 198 valence electrons. The van der Waals surface area contributed by atoms with E-state index in [0.717, 1.165) is 38.3 Å². The minimum Gasteiger partial charge on any atom is -0.457 e. The van der Waals surface area contributed by atoms with Gasteiger partial charge in [0.15, 0.2) is 0 Å². The van der Waals surface area contributed by atoms with Crippen molar-refractivity contribution in [1.82, 2.24) is 5.32 Å². The molecule has 7 heteroatoms. The van der Waals surface area contributed by atoms with Crippen LogP contribution in [0.2, 0.25) is 0 Å². The molecular formula is C32H29BrN2O4. The molecule has 1 N–H and O–H groups in total. The van der Waals surface area contributed by atoms with Gasteiger partial charge in [0.25, 0.3) is 11.8 Å². The van der Waals surface area contributed by atoms with Crippen molar-refractivity contribution in [3.63, 3.8) is 0 Å². The molecule has 1 saturated heterocycles. The van der Waals surface area contributed by atoms with E-state index in [2.05, 4.69) is 33.4 Å². The third-order valence-corrected chi connectivity index (χ3v) is 9.84. The van der Waals surface area contributed by atoms with Crippen LogP contribution in [0, 0.1) is 24.7 Å². The number of imide groups is 2. The van der Waals surface area contributed by atoms with Crippen molar-refractivity contribution in [2.45, 2.75) is 50.9 Å². The molecule has 5 fully saturated rings. The van der Waals surface area contributed by atoms with Gasteiger partial charge in [-0.05, 0) is 122 Å². The van der Waals surface area contributed by atoms with Gasteiger partial charge in [0, 0.05) is 10.0 Å². The molecule has 2 heterocycles. The first kappa shape index (κ1) is 24.6. The Morgan fingerprint density at radius 2 is 1.59 bits per heavy atom. The Hall–Kier alpha value is -3.45. The second-order valence-electron chi connectivity index (χ2n) is 11.9. The van der Waals surface area contributed by atoms with E-state index in [1.54, 1.807) is 12.1 Å². The number of nitrogens with one attached hydrogen (secondary N) is 1. The summed E-state index contributed by atoms with van der Waals surface area (Å²) in [6.45, 7) is 2.00. The lowest BCUT2D eigenvalue weighted by atomic mass is 9.48. The molecule has 0 spiro atoms. The fraction of sp³-hybridized carbons (Fsp3) is 0.344. The highest BCUT2D eigenvalue weighted by atomic mass is 79.9. The molecule has 0 radical (unpaired) electrons. The summed E-state index contributed by atoms with van der Waals surface area (Å²) < 4.78 is 6.83. The van der Waals surface area contributed by atoms with Crippen molar-refractivity contribution < 1.29 is 18.8 Å². The number of furan rings is 1. The van der Waals surface area contributed by atoms with Gasteiger partial charge in [-0.2, -0.15) is 0 Å². The average Bonchev–Trinajstić information content (AvgIpc) is 3.34. The maximum Gasteiger partial charge on any atom is 0.335 e. The Bertz CT molecular complexity index is 1520. The number of rotatable bonds is 4. The van der Waals surface area contributed by atoms with Crippen molar-refractivity contribution in [1.29, 1.82) is 0 Å². The number of amides is 4. The van der Waals surface area contributed by atoms with Crippen LogP contribution in [0.15, 0.2) is 69.1 Å². The van der Waals surface area contributed by atoms with Crippen LogP contribution >= 0.6 is 15.9 Å². The van der Waals surface area contributed by atoms with Crippen molar-refractivity contribution in [3.05, 3.63) is 81.5 Å². The Balaban J connectivity index is 1.15. The number of hydrogen-bond acceptors (Lipinski definition) is 4. The zero-order chi connectivity index (χ0) is 26.9. The van der Waals surface area contributed by atoms with Crippen LogP contribution in [0.5, 0.6) is 0 Å². The van der Waals surface area contributed by atoms with Gasteiger partial charge in [-0.25, -0.2) is 9.69 Å². The molecular weight excluding hydrogens is 556 g/mol. The van der Waals surface area contributed by atoms with E-state index in [4.69, 9.17) is 4.42 Å². The van der Waals surface area contributed by atoms with E-state index < -0.39 is 17.8 Å². The normalized spacial score (nSPS) is 28.9. The van der Waals surface area contributed by atoms with Gasteiger partial charge < -0.3 is 4.42 Å². The van der Waals surface area contributed by atoms with Gasteiger partial charge in [-0.15, -0.1) is 0 Å². The first-order valence-corrected chi connectivity index (χ1v) is 14.5. The number of nitrogens with zero attached hydrogens (tertiary/aromatic N) is 1. The van der Waals surface area contributed by atoms with Crippen LogP contribution in [0.4, 0.5) is 10.5 Å². The smallest absolute Gasteiger partial charge is 0.335 e. The molecule has 4 saturated carbocycles. The Morgan fingerprint density at radius 1 is 0.923 bits per heavy atom. The minimum atomic E-state index is -0.742. The molecule has 5 aliphatic rings. The summed E-state index contributed by atoms with van der Waals surface area (Å²) in [7, 11) is 0. The molecule has 4 amide bonds. The minimum absolute atomic E-state index is 0.149.